The molecule has 0 aromatic carbocycles. The van der Waals surface area contributed by atoms with Gasteiger partial charge in [0.25, 0.3) is 0 Å². The zero-order valence-corrected chi connectivity index (χ0v) is 13.7. The van der Waals surface area contributed by atoms with E-state index < -0.39 is 9.39 Å². The van der Waals surface area contributed by atoms with E-state index in [2.05, 4.69) is 29.5 Å². The Hall–Kier alpha value is 0.200. The third-order valence-electron chi connectivity index (χ3n) is 4.25. The van der Waals surface area contributed by atoms with Crippen LogP contribution in [0.25, 0.3) is 0 Å². The minimum Gasteiger partial charge on any atom is -0.480 e. The van der Waals surface area contributed by atoms with E-state index in [1.165, 1.54) is 44.9 Å². The average molecular weight is 366 g/mol. The Kier molecular flexibility index (Phi) is 7.57. The third kappa shape index (κ3) is 4.71. The van der Waals surface area contributed by atoms with Crippen molar-refractivity contribution in [1.82, 2.24) is 0 Å². The number of carboxylic acid groups (broad SMARTS) is 1. The number of hydrogen-bond donors (Lipinski definition) is 1. The van der Waals surface area contributed by atoms with Crippen molar-refractivity contribution < 1.29 is 9.90 Å². The second-order valence-corrected chi connectivity index (χ2v) is 7.59. The van der Waals surface area contributed by atoms with Crippen LogP contribution >= 0.6 is 22.6 Å². The van der Waals surface area contributed by atoms with E-state index in [9.17, 15) is 9.90 Å². The number of alkyl halides is 1. The summed E-state index contributed by atoms with van der Waals surface area (Å²) < 4.78 is -0.487. The Morgan fingerprint density at radius 3 is 2.28 bits per heavy atom. The van der Waals surface area contributed by atoms with Gasteiger partial charge in [-0.3, -0.25) is 4.79 Å². The lowest BCUT2D eigenvalue weighted by molar-refractivity contribution is -0.141. The Bertz CT molecular complexity index is 249. The topological polar surface area (TPSA) is 37.3 Å². The Labute approximate surface area is 125 Å². The van der Waals surface area contributed by atoms with Gasteiger partial charge in [0, 0.05) is 0 Å². The maximum atomic E-state index is 11.6. The maximum Gasteiger partial charge on any atom is 0.319 e. The van der Waals surface area contributed by atoms with Gasteiger partial charge in [0.15, 0.2) is 0 Å². The molecule has 0 aliphatic heterocycles. The summed E-state index contributed by atoms with van der Waals surface area (Å²) in [6, 6.07) is 0. The molecule has 1 unspecified atom stereocenters. The van der Waals surface area contributed by atoms with Gasteiger partial charge in [-0.15, -0.1) is 0 Å². The molecule has 1 saturated carbocycles. The number of hydrogen-bond acceptors (Lipinski definition) is 1. The molecule has 0 bridgehead atoms. The molecule has 0 amide bonds. The van der Waals surface area contributed by atoms with Gasteiger partial charge in [-0.05, 0) is 25.2 Å². The normalized spacial score (nSPS) is 19.9. The first-order chi connectivity index (χ1) is 8.61. The Balaban J connectivity index is 2.31. The summed E-state index contributed by atoms with van der Waals surface area (Å²) in [4.78, 5) is 11.6. The first-order valence-electron chi connectivity index (χ1n) is 7.53. The molecule has 1 rings (SSSR count). The number of rotatable bonds is 9. The summed E-state index contributed by atoms with van der Waals surface area (Å²) in [6.45, 7) is 2.22. The molecule has 106 valence electrons. The SMILES string of the molecule is CCCCCCCCC(I)(C(=O)O)C1CCCC1. The molecule has 1 aliphatic carbocycles. The van der Waals surface area contributed by atoms with E-state index in [1.54, 1.807) is 0 Å². The lowest BCUT2D eigenvalue weighted by atomic mass is 9.86. The first-order valence-corrected chi connectivity index (χ1v) is 8.61. The van der Waals surface area contributed by atoms with Gasteiger partial charge in [-0.2, -0.15) is 0 Å². The highest BCUT2D eigenvalue weighted by molar-refractivity contribution is 14.1. The molecule has 2 nitrogen and oxygen atoms in total. The quantitative estimate of drug-likeness (QED) is 0.347. The van der Waals surface area contributed by atoms with Crippen LogP contribution in [0, 0.1) is 5.92 Å². The highest BCUT2D eigenvalue weighted by Gasteiger charge is 2.43. The molecule has 0 radical (unpaired) electrons. The van der Waals surface area contributed by atoms with Crippen LogP contribution in [0.15, 0.2) is 0 Å². The fourth-order valence-corrected chi connectivity index (χ4v) is 4.04. The van der Waals surface area contributed by atoms with E-state index in [4.69, 9.17) is 0 Å². The zero-order valence-electron chi connectivity index (χ0n) is 11.6. The van der Waals surface area contributed by atoms with Crippen LogP contribution in [-0.2, 0) is 4.79 Å². The van der Waals surface area contributed by atoms with Crippen LogP contribution in [0.5, 0.6) is 0 Å². The van der Waals surface area contributed by atoms with Gasteiger partial charge < -0.3 is 5.11 Å². The van der Waals surface area contributed by atoms with Gasteiger partial charge in [0.2, 0.25) is 0 Å². The van der Waals surface area contributed by atoms with Gasteiger partial charge in [0.1, 0.15) is 3.42 Å². The monoisotopic (exact) mass is 366 g/mol. The van der Waals surface area contributed by atoms with Crippen molar-refractivity contribution in [2.24, 2.45) is 5.92 Å². The minimum atomic E-state index is -0.580. The molecule has 3 heteroatoms. The van der Waals surface area contributed by atoms with Crippen LogP contribution < -0.4 is 0 Å². The average Bonchev–Trinajstić information content (AvgIpc) is 2.87. The fraction of sp³-hybridized carbons (Fsp3) is 0.933. The number of unbranched alkanes of at least 4 members (excludes halogenated alkanes) is 5. The first kappa shape index (κ1) is 16.3. The van der Waals surface area contributed by atoms with Gasteiger partial charge in [-0.1, -0.05) is 80.9 Å². The van der Waals surface area contributed by atoms with Crippen molar-refractivity contribution in [3.8, 4) is 0 Å². The molecule has 0 saturated heterocycles. The molecule has 1 fully saturated rings. The molecule has 18 heavy (non-hydrogen) atoms. The summed E-state index contributed by atoms with van der Waals surface area (Å²) in [5, 5.41) is 9.53. The third-order valence-corrected chi connectivity index (χ3v) is 6.13. The summed E-state index contributed by atoms with van der Waals surface area (Å²) in [5.74, 6) is -0.171. The fourth-order valence-electron chi connectivity index (χ4n) is 3.03. The van der Waals surface area contributed by atoms with Crippen LogP contribution in [-0.4, -0.2) is 14.5 Å². The summed E-state index contributed by atoms with van der Waals surface area (Å²) in [5.41, 5.74) is 0. The van der Waals surface area contributed by atoms with Crippen molar-refractivity contribution in [2.45, 2.75) is 81.0 Å². The standard InChI is InChI=1S/C15H27IO2/c1-2-3-4-5-6-9-12-15(16,14(17)18)13-10-7-8-11-13/h13H,2-12H2,1H3,(H,17,18). The number of carboxylic acids is 1. The maximum absolute atomic E-state index is 11.6. The van der Waals surface area contributed by atoms with Gasteiger partial charge in [-0.25, -0.2) is 0 Å². The highest BCUT2D eigenvalue weighted by Crippen LogP contribution is 2.43. The Morgan fingerprint density at radius 2 is 1.72 bits per heavy atom. The highest BCUT2D eigenvalue weighted by atomic mass is 127. The minimum absolute atomic E-state index is 0.409. The molecule has 0 spiro atoms. The van der Waals surface area contributed by atoms with Crippen LogP contribution in [0.1, 0.15) is 77.6 Å². The van der Waals surface area contributed by atoms with Crippen LogP contribution in [0.4, 0.5) is 0 Å². The summed E-state index contributed by atoms with van der Waals surface area (Å²) in [7, 11) is 0. The second-order valence-electron chi connectivity index (χ2n) is 5.67. The lowest BCUT2D eigenvalue weighted by Gasteiger charge is -2.29. The smallest absolute Gasteiger partial charge is 0.319 e. The van der Waals surface area contributed by atoms with Gasteiger partial charge >= 0.3 is 5.97 Å². The molecule has 0 aromatic rings. The molecule has 1 aliphatic rings. The molecule has 0 aromatic heterocycles. The number of halogens is 1. The van der Waals surface area contributed by atoms with E-state index in [0.29, 0.717) is 5.92 Å². The summed E-state index contributed by atoms with van der Waals surface area (Å²) in [6.07, 6.45) is 13.0. The lowest BCUT2D eigenvalue weighted by Crippen LogP contribution is -2.38. The van der Waals surface area contributed by atoms with E-state index in [-0.39, 0.29) is 0 Å². The van der Waals surface area contributed by atoms with Crippen molar-refractivity contribution >= 4 is 28.6 Å². The number of carbonyl (C=O) groups is 1. The van der Waals surface area contributed by atoms with Crippen molar-refractivity contribution in [2.75, 3.05) is 0 Å². The van der Waals surface area contributed by atoms with Crippen LogP contribution in [0.2, 0.25) is 0 Å². The van der Waals surface area contributed by atoms with E-state index in [0.717, 1.165) is 25.7 Å². The van der Waals surface area contributed by atoms with Crippen LogP contribution in [0.3, 0.4) is 0 Å². The van der Waals surface area contributed by atoms with Crippen molar-refractivity contribution in [1.29, 1.82) is 0 Å². The van der Waals surface area contributed by atoms with E-state index in [1.807, 2.05) is 0 Å². The molecule has 1 N–H and O–H groups in total. The molecule has 1 atom stereocenters. The molecular formula is C15H27IO2. The second kappa shape index (κ2) is 8.39. The zero-order chi connectivity index (χ0) is 13.4. The predicted octanol–water partition coefficient (Wildman–Crippen LogP) is 5.19. The summed E-state index contributed by atoms with van der Waals surface area (Å²) >= 11 is 2.24. The largest absolute Gasteiger partial charge is 0.480 e. The number of aliphatic carboxylic acids is 1. The molecule has 0 heterocycles. The Morgan fingerprint density at radius 1 is 1.17 bits per heavy atom. The molecular weight excluding hydrogens is 339 g/mol. The van der Waals surface area contributed by atoms with Crippen molar-refractivity contribution in [3.05, 3.63) is 0 Å². The van der Waals surface area contributed by atoms with E-state index >= 15 is 0 Å². The predicted molar refractivity (Wildman–Crippen MR) is 84.3 cm³/mol. The van der Waals surface area contributed by atoms with Crippen molar-refractivity contribution in [3.63, 3.8) is 0 Å². The van der Waals surface area contributed by atoms with Gasteiger partial charge in [0.05, 0.1) is 0 Å².